The predicted molar refractivity (Wildman–Crippen MR) is 86.0 cm³/mol. The van der Waals surface area contributed by atoms with Crippen molar-refractivity contribution < 1.29 is 9.47 Å². The standard InChI is InChI=1S/C16H22N2O2S/c1-4-12(2)17-9-15-10-18-16(21-15)11-20-14-7-5-6-13(8-14)19-3/h5-8,10,12,17H,4,9,11H2,1-3H3. The summed E-state index contributed by atoms with van der Waals surface area (Å²) in [5, 5.41) is 4.45. The van der Waals surface area contributed by atoms with E-state index >= 15 is 0 Å². The Hall–Kier alpha value is -1.59. The van der Waals surface area contributed by atoms with Gasteiger partial charge in [0.2, 0.25) is 0 Å². The van der Waals surface area contributed by atoms with E-state index in [2.05, 4.69) is 24.1 Å². The first kappa shape index (κ1) is 15.8. The quantitative estimate of drug-likeness (QED) is 0.809. The zero-order valence-electron chi connectivity index (χ0n) is 12.8. The van der Waals surface area contributed by atoms with E-state index in [4.69, 9.17) is 9.47 Å². The van der Waals surface area contributed by atoms with Crippen molar-refractivity contribution in [2.24, 2.45) is 0 Å². The molecule has 4 nitrogen and oxygen atoms in total. The molecular weight excluding hydrogens is 284 g/mol. The van der Waals surface area contributed by atoms with Crippen molar-refractivity contribution in [3.8, 4) is 11.5 Å². The molecular formula is C16H22N2O2S. The molecule has 1 atom stereocenters. The molecule has 0 saturated carbocycles. The van der Waals surface area contributed by atoms with Crippen LogP contribution < -0.4 is 14.8 Å². The van der Waals surface area contributed by atoms with Crippen LogP contribution in [0.4, 0.5) is 0 Å². The summed E-state index contributed by atoms with van der Waals surface area (Å²) in [5.74, 6) is 1.59. The highest BCUT2D eigenvalue weighted by Gasteiger charge is 2.05. The van der Waals surface area contributed by atoms with Crippen LogP contribution in [-0.2, 0) is 13.2 Å². The molecule has 0 aliphatic rings. The number of nitrogens with zero attached hydrogens (tertiary/aromatic N) is 1. The van der Waals surface area contributed by atoms with Crippen molar-refractivity contribution in [1.29, 1.82) is 0 Å². The molecule has 1 heterocycles. The number of benzene rings is 1. The molecule has 114 valence electrons. The number of nitrogens with one attached hydrogen (secondary N) is 1. The van der Waals surface area contributed by atoms with Gasteiger partial charge in [-0.2, -0.15) is 0 Å². The summed E-state index contributed by atoms with van der Waals surface area (Å²) in [6.45, 7) is 5.72. The van der Waals surface area contributed by atoms with E-state index in [9.17, 15) is 0 Å². The van der Waals surface area contributed by atoms with Crippen molar-refractivity contribution in [1.82, 2.24) is 10.3 Å². The van der Waals surface area contributed by atoms with Crippen LogP contribution in [0.25, 0.3) is 0 Å². The fourth-order valence-corrected chi connectivity index (χ4v) is 2.54. The summed E-state index contributed by atoms with van der Waals surface area (Å²) in [6.07, 6.45) is 3.05. The maximum Gasteiger partial charge on any atom is 0.140 e. The average molecular weight is 306 g/mol. The van der Waals surface area contributed by atoms with Crippen LogP contribution in [0.3, 0.4) is 0 Å². The van der Waals surface area contributed by atoms with E-state index in [-0.39, 0.29) is 0 Å². The van der Waals surface area contributed by atoms with Gasteiger partial charge in [0.1, 0.15) is 23.1 Å². The third-order valence-electron chi connectivity index (χ3n) is 3.24. The van der Waals surface area contributed by atoms with Gasteiger partial charge in [-0.3, -0.25) is 0 Å². The van der Waals surface area contributed by atoms with Crippen molar-refractivity contribution in [2.45, 2.75) is 39.5 Å². The van der Waals surface area contributed by atoms with Gasteiger partial charge >= 0.3 is 0 Å². The maximum atomic E-state index is 5.74. The predicted octanol–water partition coefficient (Wildman–Crippen LogP) is 3.62. The maximum absolute atomic E-state index is 5.74. The van der Waals surface area contributed by atoms with Crippen molar-refractivity contribution >= 4 is 11.3 Å². The molecule has 1 aromatic carbocycles. The fraction of sp³-hybridized carbons (Fsp3) is 0.438. The molecule has 2 aromatic rings. The minimum Gasteiger partial charge on any atom is -0.497 e. The summed E-state index contributed by atoms with van der Waals surface area (Å²) in [7, 11) is 1.65. The fourth-order valence-electron chi connectivity index (χ4n) is 1.75. The Bertz CT molecular complexity index is 557. The SMILES string of the molecule is CCC(C)NCc1cnc(COc2cccc(OC)c2)s1. The molecule has 0 aliphatic heterocycles. The summed E-state index contributed by atoms with van der Waals surface area (Å²) >= 11 is 1.68. The topological polar surface area (TPSA) is 43.4 Å². The molecule has 0 amide bonds. The number of hydrogen-bond acceptors (Lipinski definition) is 5. The Balaban J connectivity index is 1.84. The number of aromatic nitrogens is 1. The smallest absolute Gasteiger partial charge is 0.140 e. The molecule has 0 saturated heterocycles. The van der Waals surface area contributed by atoms with E-state index in [1.165, 1.54) is 4.88 Å². The first-order chi connectivity index (χ1) is 10.2. The first-order valence-corrected chi connectivity index (χ1v) is 7.96. The average Bonchev–Trinajstić information content (AvgIpc) is 2.98. The van der Waals surface area contributed by atoms with Crippen molar-refractivity contribution in [3.05, 3.63) is 40.3 Å². The molecule has 1 aromatic heterocycles. The molecule has 21 heavy (non-hydrogen) atoms. The molecule has 5 heteroatoms. The summed E-state index contributed by atoms with van der Waals surface area (Å²) < 4.78 is 10.9. The Kier molecular flexibility index (Phi) is 6.02. The molecule has 0 aliphatic carbocycles. The van der Waals surface area contributed by atoms with Crippen molar-refractivity contribution in [2.75, 3.05) is 7.11 Å². The third kappa shape index (κ3) is 5.02. The highest BCUT2D eigenvalue weighted by atomic mass is 32.1. The van der Waals surface area contributed by atoms with Crippen LogP contribution in [0.1, 0.15) is 30.2 Å². The Morgan fingerprint density at radius 2 is 2.14 bits per heavy atom. The van der Waals surface area contributed by atoms with E-state index in [1.807, 2.05) is 30.5 Å². The zero-order valence-corrected chi connectivity index (χ0v) is 13.6. The van der Waals surface area contributed by atoms with Crippen LogP contribution >= 0.6 is 11.3 Å². The minimum atomic E-state index is 0.487. The molecule has 1 N–H and O–H groups in total. The minimum absolute atomic E-state index is 0.487. The lowest BCUT2D eigenvalue weighted by Crippen LogP contribution is -2.23. The summed E-state index contributed by atoms with van der Waals surface area (Å²) in [6, 6.07) is 8.14. The van der Waals surface area contributed by atoms with Gasteiger partial charge in [0, 0.05) is 29.7 Å². The number of rotatable bonds is 8. The second-order valence-corrected chi connectivity index (χ2v) is 6.08. The molecule has 0 bridgehead atoms. The number of ether oxygens (including phenoxy) is 2. The monoisotopic (exact) mass is 306 g/mol. The van der Waals surface area contributed by atoms with Gasteiger partial charge in [-0.1, -0.05) is 13.0 Å². The highest BCUT2D eigenvalue weighted by molar-refractivity contribution is 7.11. The van der Waals surface area contributed by atoms with E-state index in [1.54, 1.807) is 18.4 Å². The number of hydrogen-bond donors (Lipinski definition) is 1. The van der Waals surface area contributed by atoms with Gasteiger partial charge in [0.15, 0.2) is 0 Å². The summed E-state index contributed by atoms with van der Waals surface area (Å²) in [4.78, 5) is 5.64. The lowest BCUT2D eigenvalue weighted by atomic mass is 10.2. The highest BCUT2D eigenvalue weighted by Crippen LogP contribution is 2.21. The van der Waals surface area contributed by atoms with Crippen molar-refractivity contribution in [3.63, 3.8) is 0 Å². The van der Waals surface area contributed by atoms with Gasteiger partial charge in [-0.25, -0.2) is 4.98 Å². The molecule has 2 rings (SSSR count). The Morgan fingerprint density at radius 1 is 1.33 bits per heavy atom. The third-order valence-corrected chi connectivity index (χ3v) is 4.21. The lowest BCUT2D eigenvalue weighted by Gasteiger charge is -2.09. The van der Waals surface area contributed by atoms with Crippen LogP contribution in [-0.4, -0.2) is 18.1 Å². The van der Waals surface area contributed by atoms with Gasteiger partial charge in [-0.05, 0) is 25.5 Å². The van der Waals surface area contributed by atoms with Crippen LogP contribution in [0, 0.1) is 0 Å². The van der Waals surface area contributed by atoms with Gasteiger partial charge < -0.3 is 14.8 Å². The van der Waals surface area contributed by atoms with Crippen LogP contribution in [0.2, 0.25) is 0 Å². The zero-order chi connectivity index (χ0) is 15.1. The summed E-state index contributed by atoms with van der Waals surface area (Å²) in [5.41, 5.74) is 0. The second kappa shape index (κ2) is 8.00. The van der Waals surface area contributed by atoms with Crippen LogP contribution in [0.15, 0.2) is 30.5 Å². The van der Waals surface area contributed by atoms with E-state index in [0.29, 0.717) is 12.6 Å². The van der Waals surface area contributed by atoms with Crippen LogP contribution in [0.5, 0.6) is 11.5 Å². The Morgan fingerprint density at radius 3 is 2.90 bits per heavy atom. The molecule has 0 fully saturated rings. The second-order valence-electron chi connectivity index (χ2n) is 4.88. The van der Waals surface area contributed by atoms with Gasteiger partial charge in [0.25, 0.3) is 0 Å². The lowest BCUT2D eigenvalue weighted by molar-refractivity contribution is 0.303. The normalized spacial score (nSPS) is 12.1. The first-order valence-electron chi connectivity index (χ1n) is 7.15. The Labute approximate surface area is 130 Å². The number of thiazole rings is 1. The number of methoxy groups -OCH3 is 1. The largest absolute Gasteiger partial charge is 0.497 e. The van der Waals surface area contributed by atoms with E-state index < -0.39 is 0 Å². The molecule has 1 unspecified atom stereocenters. The molecule has 0 spiro atoms. The van der Waals surface area contributed by atoms with E-state index in [0.717, 1.165) is 29.5 Å². The van der Waals surface area contributed by atoms with Gasteiger partial charge in [-0.15, -0.1) is 11.3 Å². The molecule has 0 radical (unpaired) electrons. The van der Waals surface area contributed by atoms with Gasteiger partial charge in [0.05, 0.1) is 7.11 Å².